The van der Waals surface area contributed by atoms with E-state index in [1.165, 1.54) is 11.3 Å². The SMILES string of the molecule is Cc1cc(Br)c(NCc2ccc(CC(=O)O)s2)cc1Cl. The Morgan fingerprint density at radius 1 is 1.40 bits per heavy atom. The molecule has 0 aliphatic carbocycles. The smallest absolute Gasteiger partial charge is 0.308 e. The lowest BCUT2D eigenvalue weighted by atomic mass is 10.2. The summed E-state index contributed by atoms with van der Waals surface area (Å²) in [6.07, 6.45) is 0.0741. The van der Waals surface area contributed by atoms with Crippen LogP contribution in [0.5, 0.6) is 0 Å². The number of hydrogen-bond acceptors (Lipinski definition) is 3. The van der Waals surface area contributed by atoms with Crippen molar-refractivity contribution in [2.45, 2.75) is 19.9 Å². The van der Waals surface area contributed by atoms with Crippen LogP contribution in [-0.2, 0) is 17.8 Å². The molecule has 2 N–H and O–H groups in total. The number of halogens is 2. The largest absolute Gasteiger partial charge is 0.481 e. The maximum atomic E-state index is 10.6. The topological polar surface area (TPSA) is 49.3 Å². The second-order valence-corrected chi connectivity index (χ2v) is 6.89. The highest BCUT2D eigenvalue weighted by Crippen LogP contribution is 2.30. The van der Waals surface area contributed by atoms with Gasteiger partial charge < -0.3 is 10.4 Å². The lowest BCUT2D eigenvalue weighted by molar-refractivity contribution is -0.136. The fourth-order valence-corrected chi connectivity index (χ4v) is 3.44. The van der Waals surface area contributed by atoms with Crippen molar-refractivity contribution < 1.29 is 9.90 Å². The third-order valence-corrected chi connectivity index (χ3v) is 4.89. The van der Waals surface area contributed by atoms with Crippen molar-refractivity contribution in [3.63, 3.8) is 0 Å². The molecule has 0 atom stereocenters. The molecule has 0 aliphatic heterocycles. The summed E-state index contributed by atoms with van der Waals surface area (Å²) in [6, 6.07) is 7.65. The predicted octanol–water partition coefficient (Wildman–Crippen LogP) is 4.71. The number of carboxylic acids is 1. The standard InChI is InChI=1S/C14H13BrClNO2S/c1-8-4-11(15)13(6-12(8)16)17-7-10-3-2-9(20-10)5-14(18)19/h2-4,6,17H,5,7H2,1H3,(H,18,19). The molecule has 2 aromatic rings. The number of hydrogen-bond donors (Lipinski definition) is 2. The van der Waals surface area contributed by atoms with Crippen molar-refractivity contribution in [3.8, 4) is 0 Å². The van der Waals surface area contributed by atoms with E-state index in [0.717, 1.165) is 25.5 Å². The first-order valence-electron chi connectivity index (χ1n) is 5.94. The number of thiophene rings is 1. The molecule has 0 bridgehead atoms. The lowest BCUT2D eigenvalue weighted by Gasteiger charge is -2.09. The van der Waals surface area contributed by atoms with E-state index in [4.69, 9.17) is 16.7 Å². The molecule has 1 aromatic heterocycles. The predicted molar refractivity (Wildman–Crippen MR) is 86.9 cm³/mol. The van der Waals surface area contributed by atoms with Gasteiger partial charge in [-0.1, -0.05) is 11.6 Å². The fraction of sp³-hybridized carbons (Fsp3) is 0.214. The van der Waals surface area contributed by atoms with Gasteiger partial charge in [0, 0.05) is 25.8 Å². The molecule has 0 radical (unpaired) electrons. The average molecular weight is 375 g/mol. The molecule has 2 rings (SSSR count). The van der Waals surface area contributed by atoms with Gasteiger partial charge in [0.1, 0.15) is 0 Å². The summed E-state index contributed by atoms with van der Waals surface area (Å²) >= 11 is 11.1. The van der Waals surface area contributed by atoms with E-state index < -0.39 is 5.97 Å². The molecule has 0 spiro atoms. The Hall–Kier alpha value is -1.04. The molecule has 1 aromatic carbocycles. The average Bonchev–Trinajstić information content (AvgIpc) is 2.79. The molecule has 0 saturated carbocycles. The van der Waals surface area contributed by atoms with Crippen LogP contribution >= 0.6 is 38.9 Å². The Balaban J connectivity index is 2.03. The van der Waals surface area contributed by atoms with Crippen LogP contribution in [-0.4, -0.2) is 11.1 Å². The van der Waals surface area contributed by atoms with Gasteiger partial charge in [-0.2, -0.15) is 0 Å². The quantitative estimate of drug-likeness (QED) is 0.796. The Morgan fingerprint density at radius 3 is 2.80 bits per heavy atom. The minimum Gasteiger partial charge on any atom is -0.481 e. The van der Waals surface area contributed by atoms with Gasteiger partial charge in [-0.05, 0) is 52.7 Å². The van der Waals surface area contributed by atoms with Crippen LogP contribution in [0.1, 0.15) is 15.3 Å². The second kappa shape index (κ2) is 6.61. The summed E-state index contributed by atoms with van der Waals surface area (Å²) < 4.78 is 0.960. The fourth-order valence-electron chi connectivity index (χ4n) is 1.73. The Kier molecular flexibility index (Phi) is 5.07. The molecule has 3 nitrogen and oxygen atoms in total. The van der Waals surface area contributed by atoms with Crippen LogP contribution in [0.2, 0.25) is 5.02 Å². The van der Waals surface area contributed by atoms with Crippen LogP contribution in [0.15, 0.2) is 28.7 Å². The number of aliphatic carboxylic acids is 1. The summed E-state index contributed by atoms with van der Waals surface area (Å²) in [6.45, 7) is 2.59. The van der Waals surface area contributed by atoms with Crippen molar-refractivity contribution in [2.24, 2.45) is 0 Å². The number of rotatable bonds is 5. The van der Waals surface area contributed by atoms with Crippen molar-refractivity contribution >= 4 is 50.5 Å². The molecule has 0 amide bonds. The summed E-state index contributed by atoms with van der Waals surface area (Å²) in [7, 11) is 0. The van der Waals surface area contributed by atoms with Gasteiger partial charge >= 0.3 is 5.97 Å². The molecular weight excluding hydrogens is 362 g/mol. The molecule has 0 unspecified atom stereocenters. The summed E-state index contributed by atoms with van der Waals surface area (Å²) in [5.41, 5.74) is 1.94. The van der Waals surface area contributed by atoms with Gasteiger partial charge in [0.2, 0.25) is 0 Å². The number of aryl methyl sites for hydroxylation is 1. The van der Waals surface area contributed by atoms with Crippen molar-refractivity contribution in [1.29, 1.82) is 0 Å². The zero-order chi connectivity index (χ0) is 14.7. The van der Waals surface area contributed by atoms with E-state index in [2.05, 4.69) is 21.2 Å². The monoisotopic (exact) mass is 373 g/mol. The van der Waals surface area contributed by atoms with E-state index in [-0.39, 0.29) is 6.42 Å². The molecular formula is C14H13BrClNO2S. The molecule has 0 aliphatic rings. The van der Waals surface area contributed by atoms with Crippen LogP contribution in [0.3, 0.4) is 0 Å². The maximum absolute atomic E-state index is 10.6. The zero-order valence-corrected chi connectivity index (χ0v) is 13.9. The number of anilines is 1. The van der Waals surface area contributed by atoms with E-state index in [0.29, 0.717) is 11.6 Å². The van der Waals surface area contributed by atoms with Gasteiger partial charge in [0.05, 0.1) is 12.1 Å². The minimum absolute atomic E-state index is 0.0741. The molecule has 20 heavy (non-hydrogen) atoms. The Morgan fingerprint density at radius 2 is 2.10 bits per heavy atom. The highest BCUT2D eigenvalue weighted by atomic mass is 79.9. The second-order valence-electron chi connectivity index (χ2n) is 4.37. The van der Waals surface area contributed by atoms with E-state index in [1.807, 2.05) is 31.2 Å². The van der Waals surface area contributed by atoms with Crippen molar-refractivity contribution in [1.82, 2.24) is 0 Å². The minimum atomic E-state index is -0.806. The Labute approximate surface area is 134 Å². The number of carbonyl (C=O) groups is 1. The van der Waals surface area contributed by atoms with Gasteiger partial charge in [-0.3, -0.25) is 4.79 Å². The summed E-state index contributed by atoms with van der Waals surface area (Å²) in [5, 5.41) is 12.8. The normalized spacial score (nSPS) is 10.6. The molecule has 0 fully saturated rings. The van der Waals surface area contributed by atoms with E-state index >= 15 is 0 Å². The highest BCUT2D eigenvalue weighted by molar-refractivity contribution is 9.10. The number of nitrogens with one attached hydrogen (secondary N) is 1. The number of carboxylic acid groups (broad SMARTS) is 1. The van der Waals surface area contributed by atoms with Gasteiger partial charge in [-0.15, -0.1) is 11.3 Å². The third-order valence-electron chi connectivity index (χ3n) is 2.74. The molecule has 0 saturated heterocycles. The van der Waals surface area contributed by atoms with Crippen LogP contribution in [0, 0.1) is 6.92 Å². The summed E-state index contributed by atoms with van der Waals surface area (Å²) in [5.74, 6) is -0.806. The Bertz CT molecular complexity index is 642. The first-order valence-corrected chi connectivity index (χ1v) is 7.93. The summed E-state index contributed by atoms with van der Waals surface area (Å²) in [4.78, 5) is 12.6. The van der Waals surface area contributed by atoms with Crippen LogP contribution in [0.25, 0.3) is 0 Å². The first kappa shape index (κ1) is 15.4. The highest BCUT2D eigenvalue weighted by Gasteiger charge is 2.07. The van der Waals surface area contributed by atoms with Crippen molar-refractivity contribution in [2.75, 3.05) is 5.32 Å². The third kappa shape index (κ3) is 3.98. The van der Waals surface area contributed by atoms with Crippen molar-refractivity contribution in [3.05, 3.63) is 49.1 Å². The zero-order valence-electron chi connectivity index (χ0n) is 10.7. The lowest BCUT2D eigenvalue weighted by Crippen LogP contribution is -1.99. The molecule has 6 heteroatoms. The van der Waals surface area contributed by atoms with Gasteiger partial charge in [0.25, 0.3) is 0 Å². The van der Waals surface area contributed by atoms with Crippen LogP contribution < -0.4 is 5.32 Å². The van der Waals surface area contributed by atoms with E-state index in [1.54, 1.807) is 0 Å². The molecule has 106 valence electrons. The molecule has 1 heterocycles. The van der Waals surface area contributed by atoms with Gasteiger partial charge in [-0.25, -0.2) is 0 Å². The number of benzene rings is 1. The van der Waals surface area contributed by atoms with Crippen LogP contribution in [0.4, 0.5) is 5.69 Å². The first-order chi connectivity index (χ1) is 9.45. The van der Waals surface area contributed by atoms with E-state index in [9.17, 15) is 4.79 Å². The maximum Gasteiger partial charge on any atom is 0.308 e. The van der Waals surface area contributed by atoms with Gasteiger partial charge in [0.15, 0.2) is 0 Å².